The second-order valence-corrected chi connectivity index (χ2v) is 4.88. The summed E-state index contributed by atoms with van der Waals surface area (Å²) in [5.74, 6) is -0.615. The van der Waals surface area contributed by atoms with Gasteiger partial charge in [0.2, 0.25) is 5.91 Å². The summed E-state index contributed by atoms with van der Waals surface area (Å²) in [4.78, 5) is 11.7. The normalized spacial score (nSPS) is 14.2. The van der Waals surface area contributed by atoms with E-state index in [2.05, 4.69) is 21.2 Å². The van der Waals surface area contributed by atoms with Crippen molar-refractivity contribution < 1.29 is 9.18 Å². The SMILES string of the molecule is CC[C@H](C)[C@H](N)C(=O)Nc1ccc(Br)c(F)c1. The number of carbonyl (C=O) groups is 1. The van der Waals surface area contributed by atoms with E-state index in [-0.39, 0.29) is 11.8 Å². The minimum absolute atomic E-state index is 0.0929. The summed E-state index contributed by atoms with van der Waals surface area (Å²) in [6.45, 7) is 3.88. The number of anilines is 1. The molecule has 0 radical (unpaired) electrons. The first kappa shape index (κ1) is 14.1. The number of nitrogens with one attached hydrogen (secondary N) is 1. The average molecular weight is 303 g/mol. The summed E-state index contributed by atoms with van der Waals surface area (Å²) >= 11 is 3.05. The molecule has 2 atom stereocenters. The Balaban J connectivity index is 2.71. The van der Waals surface area contributed by atoms with E-state index in [1.807, 2.05) is 13.8 Å². The molecule has 3 N–H and O–H groups in total. The molecular weight excluding hydrogens is 287 g/mol. The molecule has 1 aromatic carbocycles. The van der Waals surface area contributed by atoms with Crippen LogP contribution >= 0.6 is 15.9 Å². The van der Waals surface area contributed by atoms with Crippen molar-refractivity contribution in [3.8, 4) is 0 Å². The molecule has 1 rings (SSSR count). The number of hydrogen-bond donors (Lipinski definition) is 2. The third kappa shape index (κ3) is 3.78. The molecule has 0 aliphatic heterocycles. The Bertz CT molecular complexity index is 411. The first-order valence-electron chi connectivity index (χ1n) is 5.47. The number of rotatable bonds is 4. The first-order chi connectivity index (χ1) is 7.95. The Labute approximate surface area is 109 Å². The Kier molecular flexibility index (Phi) is 5.08. The number of benzene rings is 1. The van der Waals surface area contributed by atoms with Crippen molar-refractivity contribution in [3.05, 3.63) is 28.5 Å². The van der Waals surface area contributed by atoms with Crippen molar-refractivity contribution in [1.29, 1.82) is 0 Å². The number of amides is 1. The molecule has 0 saturated carbocycles. The predicted molar refractivity (Wildman–Crippen MR) is 70.2 cm³/mol. The predicted octanol–water partition coefficient (Wildman–Crippen LogP) is 2.90. The van der Waals surface area contributed by atoms with Crippen LogP contribution in [0.4, 0.5) is 10.1 Å². The molecule has 0 aliphatic carbocycles. The third-order valence-corrected chi connectivity index (χ3v) is 3.39. The topological polar surface area (TPSA) is 55.1 Å². The van der Waals surface area contributed by atoms with E-state index in [0.717, 1.165) is 6.42 Å². The van der Waals surface area contributed by atoms with Gasteiger partial charge in [0.1, 0.15) is 5.82 Å². The fourth-order valence-electron chi connectivity index (χ4n) is 1.31. The molecule has 17 heavy (non-hydrogen) atoms. The van der Waals surface area contributed by atoms with Gasteiger partial charge >= 0.3 is 0 Å². The minimum atomic E-state index is -0.577. The van der Waals surface area contributed by atoms with Crippen LogP contribution in [0.25, 0.3) is 0 Å². The fourth-order valence-corrected chi connectivity index (χ4v) is 1.56. The molecule has 3 nitrogen and oxygen atoms in total. The molecule has 0 bridgehead atoms. The molecule has 0 aliphatic rings. The Hall–Kier alpha value is -0.940. The number of hydrogen-bond acceptors (Lipinski definition) is 2. The standard InChI is InChI=1S/C12H16BrFN2O/c1-3-7(2)11(15)12(17)16-8-4-5-9(13)10(14)6-8/h4-7,11H,3,15H2,1-2H3,(H,16,17)/t7-,11-/m0/s1. The van der Waals surface area contributed by atoms with Crippen molar-refractivity contribution >= 4 is 27.5 Å². The van der Waals surface area contributed by atoms with Crippen molar-refractivity contribution in [3.63, 3.8) is 0 Å². The van der Waals surface area contributed by atoms with Crippen LogP contribution < -0.4 is 11.1 Å². The van der Waals surface area contributed by atoms with Gasteiger partial charge in [0, 0.05) is 5.69 Å². The molecular formula is C12H16BrFN2O. The van der Waals surface area contributed by atoms with Crippen LogP contribution in [0.3, 0.4) is 0 Å². The zero-order valence-electron chi connectivity index (χ0n) is 9.84. The Morgan fingerprint density at radius 1 is 1.59 bits per heavy atom. The molecule has 0 unspecified atom stereocenters. The van der Waals surface area contributed by atoms with Crippen LogP contribution in [0.15, 0.2) is 22.7 Å². The molecule has 0 spiro atoms. The van der Waals surface area contributed by atoms with Gasteiger partial charge in [-0.2, -0.15) is 0 Å². The monoisotopic (exact) mass is 302 g/mol. The van der Waals surface area contributed by atoms with Gasteiger partial charge in [-0.3, -0.25) is 4.79 Å². The molecule has 1 aromatic rings. The van der Waals surface area contributed by atoms with Crippen LogP contribution in [0, 0.1) is 11.7 Å². The van der Waals surface area contributed by atoms with Gasteiger partial charge in [-0.05, 0) is 40.0 Å². The van der Waals surface area contributed by atoms with E-state index >= 15 is 0 Å². The molecule has 1 amide bonds. The quantitative estimate of drug-likeness (QED) is 0.898. The first-order valence-corrected chi connectivity index (χ1v) is 6.26. The molecule has 5 heteroatoms. The lowest BCUT2D eigenvalue weighted by Gasteiger charge is -2.17. The fraction of sp³-hybridized carbons (Fsp3) is 0.417. The summed E-state index contributed by atoms with van der Waals surface area (Å²) in [6.07, 6.45) is 0.823. The van der Waals surface area contributed by atoms with Gasteiger partial charge in [-0.15, -0.1) is 0 Å². The summed E-state index contributed by atoms with van der Waals surface area (Å²) < 4.78 is 13.6. The van der Waals surface area contributed by atoms with Gasteiger partial charge in [-0.25, -0.2) is 4.39 Å². The summed E-state index contributed by atoms with van der Waals surface area (Å²) in [7, 11) is 0. The molecule has 94 valence electrons. The smallest absolute Gasteiger partial charge is 0.241 e. The van der Waals surface area contributed by atoms with Gasteiger partial charge in [0.25, 0.3) is 0 Å². The van der Waals surface area contributed by atoms with Crippen molar-refractivity contribution in [2.75, 3.05) is 5.32 Å². The van der Waals surface area contributed by atoms with E-state index in [1.54, 1.807) is 12.1 Å². The Morgan fingerprint density at radius 3 is 2.76 bits per heavy atom. The summed E-state index contributed by atoms with van der Waals surface area (Å²) in [5, 5.41) is 2.60. The molecule has 0 heterocycles. The highest BCUT2D eigenvalue weighted by molar-refractivity contribution is 9.10. The van der Waals surface area contributed by atoms with Gasteiger partial charge < -0.3 is 11.1 Å². The second kappa shape index (κ2) is 6.12. The Morgan fingerprint density at radius 2 is 2.24 bits per heavy atom. The third-order valence-electron chi connectivity index (χ3n) is 2.75. The maximum absolute atomic E-state index is 13.2. The van der Waals surface area contributed by atoms with Crippen molar-refractivity contribution in [1.82, 2.24) is 0 Å². The lowest BCUT2D eigenvalue weighted by molar-refractivity contribution is -0.118. The summed E-state index contributed by atoms with van der Waals surface area (Å²) in [6, 6.07) is 3.84. The average Bonchev–Trinajstić information content (AvgIpc) is 2.31. The highest BCUT2D eigenvalue weighted by Gasteiger charge is 2.19. The number of nitrogens with two attached hydrogens (primary N) is 1. The zero-order valence-corrected chi connectivity index (χ0v) is 11.4. The molecule has 0 fully saturated rings. The van der Waals surface area contributed by atoms with Crippen LogP contribution in [0.2, 0.25) is 0 Å². The van der Waals surface area contributed by atoms with E-state index in [9.17, 15) is 9.18 Å². The number of halogens is 2. The summed E-state index contributed by atoms with van der Waals surface area (Å²) in [5.41, 5.74) is 6.18. The van der Waals surface area contributed by atoms with E-state index in [0.29, 0.717) is 10.2 Å². The van der Waals surface area contributed by atoms with E-state index in [1.165, 1.54) is 6.07 Å². The highest BCUT2D eigenvalue weighted by Crippen LogP contribution is 2.19. The van der Waals surface area contributed by atoms with Gasteiger partial charge in [-0.1, -0.05) is 20.3 Å². The lowest BCUT2D eigenvalue weighted by Crippen LogP contribution is -2.40. The highest BCUT2D eigenvalue weighted by atomic mass is 79.9. The van der Waals surface area contributed by atoms with Gasteiger partial charge in [0.05, 0.1) is 10.5 Å². The van der Waals surface area contributed by atoms with E-state index < -0.39 is 11.9 Å². The van der Waals surface area contributed by atoms with E-state index in [4.69, 9.17) is 5.73 Å². The van der Waals surface area contributed by atoms with Crippen LogP contribution in [0.5, 0.6) is 0 Å². The lowest BCUT2D eigenvalue weighted by atomic mass is 9.99. The van der Waals surface area contributed by atoms with Crippen LogP contribution in [-0.2, 0) is 4.79 Å². The maximum Gasteiger partial charge on any atom is 0.241 e. The largest absolute Gasteiger partial charge is 0.325 e. The van der Waals surface area contributed by atoms with Crippen LogP contribution in [0.1, 0.15) is 20.3 Å². The zero-order chi connectivity index (χ0) is 13.0. The number of carbonyl (C=O) groups excluding carboxylic acids is 1. The van der Waals surface area contributed by atoms with Crippen molar-refractivity contribution in [2.24, 2.45) is 11.7 Å². The van der Waals surface area contributed by atoms with Gasteiger partial charge in [0.15, 0.2) is 0 Å². The molecule has 0 saturated heterocycles. The van der Waals surface area contributed by atoms with Crippen molar-refractivity contribution in [2.45, 2.75) is 26.3 Å². The minimum Gasteiger partial charge on any atom is -0.325 e. The van der Waals surface area contributed by atoms with Crippen LogP contribution in [-0.4, -0.2) is 11.9 Å². The second-order valence-electron chi connectivity index (χ2n) is 4.03. The molecule has 0 aromatic heterocycles. The maximum atomic E-state index is 13.2.